The van der Waals surface area contributed by atoms with Crippen LogP contribution in [0.1, 0.15) is 12.8 Å². The number of benzene rings is 1. The minimum atomic E-state index is -0.224. The van der Waals surface area contributed by atoms with Crippen LogP contribution in [0.3, 0.4) is 0 Å². The normalized spacial score (nSPS) is 16.3. The van der Waals surface area contributed by atoms with E-state index in [0.29, 0.717) is 29.6 Å². The van der Waals surface area contributed by atoms with E-state index in [9.17, 15) is 4.79 Å². The number of nitrogens with two attached hydrogens (primary N) is 1. The van der Waals surface area contributed by atoms with Crippen LogP contribution >= 0.6 is 11.6 Å². The van der Waals surface area contributed by atoms with Gasteiger partial charge in [-0.25, -0.2) is 0 Å². The van der Waals surface area contributed by atoms with E-state index < -0.39 is 0 Å². The molecule has 0 aliphatic carbocycles. The highest BCUT2D eigenvalue weighted by Crippen LogP contribution is 2.23. The summed E-state index contributed by atoms with van der Waals surface area (Å²) >= 11 is 5.97. The lowest BCUT2D eigenvalue weighted by Gasteiger charge is -2.22. The van der Waals surface area contributed by atoms with Gasteiger partial charge in [-0.05, 0) is 31.0 Å². The number of carbonyl (C=O) groups is 1. The number of nitrogen functional groups attached to an aromatic ring is 1. The minimum absolute atomic E-state index is 0.0192. The lowest BCUT2D eigenvalue weighted by molar-refractivity contribution is -0.124. The Kier molecular flexibility index (Phi) is 5.01. The largest absolute Gasteiger partial charge is 0.399 e. The van der Waals surface area contributed by atoms with Gasteiger partial charge in [0, 0.05) is 18.9 Å². The van der Waals surface area contributed by atoms with E-state index >= 15 is 0 Å². The molecule has 1 fully saturated rings. The summed E-state index contributed by atoms with van der Waals surface area (Å²) in [5.41, 5.74) is 6.68. The Morgan fingerprint density at radius 3 is 2.89 bits per heavy atom. The van der Waals surface area contributed by atoms with Gasteiger partial charge in [0.15, 0.2) is 0 Å². The van der Waals surface area contributed by atoms with E-state index in [2.05, 4.69) is 5.32 Å². The van der Waals surface area contributed by atoms with Crippen molar-refractivity contribution in [2.24, 2.45) is 0 Å². The molecule has 0 aromatic heterocycles. The zero-order chi connectivity index (χ0) is 13.7. The number of carbonyl (C=O) groups excluding carboxylic acids is 1. The molecule has 0 spiro atoms. The van der Waals surface area contributed by atoms with Gasteiger partial charge in [0.05, 0.1) is 16.8 Å². The second kappa shape index (κ2) is 6.75. The second-order valence-electron chi connectivity index (χ2n) is 4.41. The Hall–Kier alpha value is -1.30. The smallest absolute Gasteiger partial charge is 0.250 e. The van der Waals surface area contributed by atoms with Gasteiger partial charge in [0.25, 0.3) is 0 Å². The van der Waals surface area contributed by atoms with Gasteiger partial charge >= 0.3 is 0 Å². The van der Waals surface area contributed by atoms with Crippen molar-refractivity contribution in [2.45, 2.75) is 18.9 Å². The van der Waals surface area contributed by atoms with Crippen LogP contribution in [0.4, 0.5) is 11.4 Å². The van der Waals surface area contributed by atoms with E-state index in [1.54, 1.807) is 18.2 Å². The molecule has 0 atom stereocenters. The van der Waals surface area contributed by atoms with Crippen LogP contribution in [-0.4, -0.2) is 31.8 Å². The van der Waals surface area contributed by atoms with Gasteiger partial charge < -0.3 is 20.5 Å². The summed E-state index contributed by atoms with van der Waals surface area (Å²) in [6, 6.07) is 4.95. The summed E-state index contributed by atoms with van der Waals surface area (Å²) < 4.78 is 10.7. The molecule has 5 nitrogen and oxygen atoms in total. The van der Waals surface area contributed by atoms with Gasteiger partial charge in [-0.15, -0.1) is 0 Å². The summed E-state index contributed by atoms with van der Waals surface area (Å²) in [4.78, 5) is 11.7. The molecule has 0 bridgehead atoms. The Bertz CT molecular complexity index is 448. The van der Waals surface area contributed by atoms with E-state index in [-0.39, 0.29) is 18.6 Å². The van der Waals surface area contributed by atoms with Crippen LogP contribution < -0.4 is 11.1 Å². The van der Waals surface area contributed by atoms with Crippen molar-refractivity contribution in [3.8, 4) is 0 Å². The lowest BCUT2D eigenvalue weighted by atomic mass is 10.1. The maximum Gasteiger partial charge on any atom is 0.250 e. The van der Waals surface area contributed by atoms with Gasteiger partial charge in [-0.2, -0.15) is 0 Å². The first-order valence-corrected chi connectivity index (χ1v) is 6.57. The van der Waals surface area contributed by atoms with Gasteiger partial charge in [0.2, 0.25) is 5.91 Å². The first kappa shape index (κ1) is 14.1. The maximum absolute atomic E-state index is 11.7. The zero-order valence-corrected chi connectivity index (χ0v) is 11.3. The highest BCUT2D eigenvalue weighted by molar-refractivity contribution is 6.34. The van der Waals surface area contributed by atoms with Gasteiger partial charge in [0.1, 0.15) is 6.61 Å². The molecule has 1 aromatic carbocycles. The summed E-state index contributed by atoms with van der Waals surface area (Å²) in [6.45, 7) is 1.40. The van der Waals surface area contributed by atoms with Crippen molar-refractivity contribution in [3.05, 3.63) is 23.2 Å². The van der Waals surface area contributed by atoms with Crippen LogP contribution in [0.25, 0.3) is 0 Å². The quantitative estimate of drug-likeness (QED) is 0.830. The van der Waals surface area contributed by atoms with Crippen LogP contribution in [0.15, 0.2) is 18.2 Å². The molecule has 1 heterocycles. The number of halogens is 1. The van der Waals surface area contributed by atoms with Gasteiger partial charge in [-0.3, -0.25) is 4.79 Å². The molecule has 1 aromatic rings. The molecular weight excluding hydrogens is 268 g/mol. The highest BCUT2D eigenvalue weighted by Gasteiger charge is 2.15. The third kappa shape index (κ3) is 4.38. The third-order valence-corrected chi connectivity index (χ3v) is 3.20. The van der Waals surface area contributed by atoms with Crippen molar-refractivity contribution < 1.29 is 14.3 Å². The number of hydrogen-bond acceptors (Lipinski definition) is 4. The topological polar surface area (TPSA) is 73.6 Å². The van der Waals surface area contributed by atoms with Crippen molar-refractivity contribution in [1.82, 2.24) is 0 Å². The number of hydrogen-bond donors (Lipinski definition) is 2. The van der Waals surface area contributed by atoms with Crippen LogP contribution in [0.5, 0.6) is 0 Å². The average Bonchev–Trinajstić information content (AvgIpc) is 2.41. The fourth-order valence-corrected chi connectivity index (χ4v) is 2.09. The first-order valence-electron chi connectivity index (χ1n) is 6.19. The predicted molar refractivity (Wildman–Crippen MR) is 74.3 cm³/mol. The van der Waals surface area contributed by atoms with E-state index in [4.69, 9.17) is 26.8 Å². The first-order chi connectivity index (χ1) is 9.15. The Morgan fingerprint density at radius 2 is 2.21 bits per heavy atom. The number of ether oxygens (including phenoxy) is 2. The minimum Gasteiger partial charge on any atom is -0.399 e. The molecule has 1 amide bonds. The SMILES string of the molecule is Nc1ccc(NC(=O)COC2CCOCC2)c(Cl)c1. The monoisotopic (exact) mass is 284 g/mol. The summed E-state index contributed by atoms with van der Waals surface area (Å²) in [5.74, 6) is -0.224. The number of amides is 1. The molecular formula is C13H17ClN2O3. The maximum atomic E-state index is 11.7. The lowest BCUT2D eigenvalue weighted by Crippen LogP contribution is -2.28. The molecule has 19 heavy (non-hydrogen) atoms. The second-order valence-corrected chi connectivity index (χ2v) is 4.82. The standard InChI is InChI=1S/C13H17ClN2O3/c14-11-7-9(15)1-2-12(11)16-13(17)8-19-10-3-5-18-6-4-10/h1-2,7,10H,3-6,8,15H2,(H,16,17). The molecule has 6 heteroatoms. The average molecular weight is 285 g/mol. The zero-order valence-electron chi connectivity index (χ0n) is 10.5. The van der Waals surface area contributed by atoms with E-state index in [1.165, 1.54) is 0 Å². The van der Waals surface area contributed by atoms with Crippen LogP contribution in [0.2, 0.25) is 5.02 Å². The Balaban J connectivity index is 1.80. The third-order valence-electron chi connectivity index (χ3n) is 2.89. The van der Waals surface area contributed by atoms with Crippen molar-refractivity contribution >= 4 is 28.9 Å². The fraction of sp³-hybridized carbons (Fsp3) is 0.462. The highest BCUT2D eigenvalue weighted by atomic mass is 35.5. The molecule has 1 saturated heterocycles. The van der Waals surface area contributed by atoms with Crippen molar-refractivity contribution in [3.63, 3.8) is 0 Å². The number of nitrogens with one attached hydrogen (secondary N) is 1. The molecule has 0 radical (unpaired) electrons. The summed E-state index contributed by atoms with van der Waals surface area (Å²) in [7, 11) is 0. The van der Waals surface area contributed by atoms with Crippen LogP contribution in [0, 0.1) is 0 Å². The molecule has 2 rings (SSSR count). The number of rotatable bonds is 4. The Morgan fingerprint density at radius 1 is 1.47 bits per heavy atom. The molecule has 1 aliphatic rings. The molecule has 0 unspecified atom stereocenters. The summed E-state index contributed by atoms with van der Waals surface area (Å²) in [6.07, 6.45) is 1.76. The molecule has 0 saturated carbocycles. The van der Waals surface area contributed by atoms with Crippen molar-refractivity contribution in [1.29, 1.82) is 0 Å². The number of anilines is 2. The van der Waals surface area contributed by atoms with E-state index in [0.717, 1.165) is 12.8 Å². The van der Waals surface area contributed by atoms with Crippen molar-refractivity contribution in [2.75, 3.05) is 30.9 Å². The summed E-state index contributed by atoms with van der Waals surface area (Å²) in [5, 5.41) is 3.11. The van der Waals surface area contributed by atoms with Gasteiger partial charge in [-0.1, -0.05) is 11.6 Å². The van der Waals surface area contributed by atoms with Crippen LogP contribution in [-0.2, 0) is 14.3 Å². The predicted octanol–water partition coefficient (Wildman–Crippen LogP) is 2.06. The van der Waals surface area contributed by atoms with E-state index in [1.807, 2.05) is 0 Å². The molecule has 3 N–H and O–H groups in total. The Labute approximate surface area is 117 Å². The molecule has 1 aliphatic heterocycles. The fourth-order valence-electron chi connectivity index (χ4n) is 1.86. The molecule has 104 valence electrons.